The number of nitrogens with zero attached hydrogens (tertiary/aromatic N) is 4. The number of hydrogen-bond donors (Lipinski definition) is 0. The molecule has 1 saturated heterocycles. The third-order valence-corrected chi connectivity index (χ3v) is 4.30. The first kappa shape index (κ1) is 17.3. The van der Waals surface area contributed by atoms with Crippen molar-refractivity contribution in [2.45, 2.75) is 5.79 Å². The van der Waals surface area contributed by atoms with Gasteiger partial charge in [-0.2, -0.15) is 4.98 Å². The van der Waals surface area contributed by atoms with Crippen LogP contribution in [0.2, 0.25) is 0 Å². The van der Waals surface area contributed by atoms with E-state index < -0.39 is 5.79 Å². The second-order valence-electron chi connectivity index (χ2n) is 6.02. The molecule has 0 amide bonds. The number of benzene rings is 1. The standard InChI is InChI=1S/C19H18N4O4/c1-23-17(24)11-16(15-7-8-20-13-21-15)22-18(23)25-12-19(26-9-10-27-19)14-5-3-2-4-6-14/h2-8,11,13H,9-10,12H2,1H3. The van der Waals surface area contributed by atoms with E-state index in [1.54, 1.807) is 19.3 Å². The smallest absolute Gasteiger partial charge is 0.299 e. The number of aromatic nitrogens is 4. The Morgan fingerprint density at radius 3 is 2.63 bits per heavy atom. The van der Waals surface area contributed by atoms with Crippen LogP contribution in [0.15, 0.2) is 59.8 Å². The lowest BCUT2D eigenvalue weighted by Gasteiger charge is -2.27. The molecule has 3 heterocycles. The van der Waals surface area contributed by atoms with Crippen LogP contribution in [0.5, 0.6) is 6.01 Å². The molecule has 1 aliphatic heterocycles. The van der Waals surface area contributed by atoms with Gasteiger partial charge in [-0.1, -0.05) is 30.3 Å². The van der Waals surface area contributed by atoms with Gasteiger partial charge in [0, 0.05) is 24.9 Å². The lowest BCUT2D eigenvalue weighted by atomic mass is 10.1. The number of ether oxygens (including phenoxy) is 3. The number of rotatable bonds is 5. The van der Waals surface area contributed by atoms with Crippen molar-refractivity contribution in [3.8, 4) is 17.4 Å². The second-order valence-corrected chi connectivity index (χ2v) is 6.02. The Balaban J connectivity index is 1.64. The highest BCUT2D eigenvalue weighted by atomic mass is 16.8. The molecule has 8 nitrogen and oxygen atoms in total. The van der Waals surface area contributed by atoms with E-state index in [2.05, 4.69) is 15.0 Å². The highest BCUT2D eigenvalue weighted by molar-refractivity contribution is 5.52. The van der Waals surface area contributed by atoms with Gasteiger partial charge in [0.15, 0.2) is 6.61 Å². The Morgan fingerprint density at radius 1 is 1.15 bits per heavy atom. The molecular weight excluding hydrogens is 348 g/mol. The fourth-order valence-electron chi connectivity index (χ4n) is 2.86. The van der Waals surface area contributed by atoms with Crippen molar-refractivity contribution in [3.63, 3.8) is 0 Å². The van der Waals surface area contributed by atoms with E-state index in [1.165, 1.54) is 17.0 Å². The van der Waals surface area contributed by atoms with Gasteiger partial charge in [0.05, 0.1) is 24.6 Å². The van der Waals surface area contributed by atoms with Gasteiger partial charge in [0.1, 0.15) is 6.33 Å². The Morgan fingerprint density at radius 2 is 1.93 bits per heavy atom. The van der Waals surface area contributed by atoms with Gasteiger partial charge in [-0.15, -0.1) is 0 Å². The van der Waals surface area contributed by atoms with Gasteiger partial charge in [-0.05, 0) is 6.07 Å². The molecule has 0 unspecified atom stereocenters. The predicted octanol–water partition coefficient (Wildman–Crippen LogP) is 1.52. The van der Waals surface area contributed by atoms with Crippen LogP contribution in [0.1, 0.15) is 5.56 Å². The van der Waals surface area contributed by atoms with Gasteiger partial charge in [0.25, 0.3) is 11.6 Å². The molecule has 0 saturated carbocycles. The molecular formula is C19H18N4O4. The summed E-state index contributed by atoms with van der Waals surface area (Å²) in [6, 6.07) is 12.8. The molecule has 138 valence electrons. The van der Waals surface area contributed by atoms with Gasteiger partial charge in [0.2, 0.25) is 5.79 Å². The summed E-state index contributed by atoms with van der Waals surface area (Å²) in [6.07, 6.45) is 2.99. The molecule has 4 rings (SSSR count). The maximum atomic E-state index is 12.3. The average Bonchev–Trinajstić information content (AvgIpc) is 3.20. The predicted molar refractivity (Wildman–Crippen MR) is 96.0 cm³/mol. The van der Waals surface area contributed by atoms with Crippen molar-refractivity contribution in [1.82, 2.24) is 19.5 Å². The first-order chi connectivity index (χ1) is 13.2. The van der Waals surface area contributed by atoms with Crippen molar-refractivity contribution >= 4 is 0 Å². The van der Waals surface area contributed by atoms with Crippen molar-refractivity contribution in [2.24, 2.45) is 7.05 Å². The summed E-state index contributed by atoms with van der Waals surface area (Å²) in [5.41, 5.74) is 1.55. The fraction of sp³-hybridized carbons (Fsp3) is 0.263. The Bertz CT molecular complexity index is 970. The molecule has 0 aliphatic carbocycles. The molecule has 3 aromatic rings. The SMILES string of the molecule is Cn1c(OCC2(c3ccccc3)OCCO2)nc(-c2ccncn2)cc1=O. The summed E-state index contributed by atoms with van der Waals surface area (Å²) < 4.78 is 18.9. The van der Waals surface area contributed by atoms with E-state index in [1.807, 2.05) is 30.3 Å². The lowest BCUT2D eigenvalue weighted by Crippen LogP contribution is -2.35. The maximum Gasteiger partial charge on any atom is 0.299 e. The molecule has 1 aromatic carbocycles. The highest BCUT2D eigenvalue weighted by Gasteiger charge is 2.40. The van der Waals surface area contributed by atoms with Crippen LogP contribution in [0.4, 0.5) is 0 Å². The molecule has 0 N–H and O–H groups in total. The second kappa shape index (κ2) is 7.26. The zero-order chi connectivity index (χ0) is 18.7. The van der Waals surface area contributed by atoms with E-state index in [-0.39, 0.29) is 18.2 Å². The van der Waals surface area contributed by atoms with E-state index >= 15 is 0 Å². The van der Waals surface area contributed by atoms with E-state index in [0.29, 0.717) is 24.6 Å². The Kier molecular flexibility index (Phi) is 4.66. The minimum Gasteiger partial charge on any atom is -0.458 e. The molecule has 2 aromatic heterocycles. The molecule has 0 spiro atoms. The third kappa shape index (κ3) is 3.44. The van der Waals surface area contributed by atoms with Crippen molar-refractivity contribution in [2.75, 3.05) is 19.8 Å². The summed E-state index contributed by atoms with van der Waals surface area (Å²) in [6.45, 7) is 0.988. The van der Waals surface area contributed by atoms with Crippen LogP contribution in [-0.4, -0.2) is 39.3 Å². The van der Waals surface area contributed by atoms with Crippen molar-refractivity contribution in [1.29, 1.82) is 0 Å². The van der Waals surface area contributed by atoms with E-state index in [4.69, 9.17) is 14.2 Å². The molecule has 8 heteroatoms. The minimum absolute atomic E-state index is 0.0600. The van der Waals surface area contributed by atoms with Crippen LogP contribution in [0, 0.1) is 0 Å². The zero-order valence-corrected chi connectivity index (χ0v) is 14.7. The Hall–Kier alpha value is -3.10. The minimum atomic E-state index is -1.02. The lowest BCUT2D eigenvalue weighted by molar-refractivity contribution is -0.187. The van der Waals surface area contributed by atoms with Gasteiger partial charge in [-0.3, -0.25) is 9.36 Å². The van der Waals surface area contributed by atoms with Crippen LogP contribution < -0.4 is 10.3 Å². The van der Waals surface area contributed by atoms with Crippen molar-refractivity contribution in [3.05, 3.63) is 70.9 Å². The molecule has 1 aliphatic rings. The first-order valence-corrected chi connectivity index (χ1v) is 8.49. The van der Waals surface area contributed by atoms with E-state index in [0.717, 1.165) is 5.56 Å². The zero-order valence-electron chi connectivity index (χ0n) is 14.7. The quantitative estimate of drug-likeness (QED) is 0.676. The van der Waals surface area contributed by atoms with Crippen LogP contribution in [0.25, 0.3) is 11.4 Å². The molecule has 0 bridgehead atoms. The van der Waals surface area contributed by atoms with Gasteiger partial charge < -0.3 is 14.2 Å². The van der Waals surface area contributed by atoms with E-state index in [9.17, 15) is 4.79 Å². The van der Waals surface area contributed by atoms with Crippen LogP contribution in [0.3, 0.4) is 0 Å². The van der Waals surface area contributed by atoms with Crippen LogP contribution in [-0.2, 0) is 22.3 Å². The molecule has 27 heavy (non-hydrogen) atoms. The topological polar surface area (TPSA) is 88.4 Å². The largest absolute Gasteiger partial charge is 0.458 e. The molecule has 0 radical (unpaired) electrons. The fourth-order valence-corrected chi connectivity index (χ4v) is 2.86. The summed E-state index contributed by atoms with van der Waals surface area (Å²) in [4.78, 5) is 24.8. The maximum absolute atomic E-state index is 12.3. The third-order valence-electron chi connectivity index (χ3n) is 4.30. The number of hydrogen-bond acceptors (Lipinski definition) is 7. The average molecular weight is 366 g/mol. The summed E-state index contributed by atoms with van der Waals surface area (Å²) in [7, 11) is 1.60. The monoisotopic (exact) mass is 366 g/mol. The highest BCUT2D eigenvalue weighted by Crippen LogP contribution is 2.32. The van der Waals surface area contributed by atoms with Crippen LogP contribution >= 0.6 is 0 Å². The molecule has 1 fully saturated rings. The van der Waals surface area contributed by atoms with Gasteiger partial charge >= 0.3 is 0 Å². The molecule has 0 atom stereocenters. The first-order valence-electron chi connectivity index (χ1n) is 8.49. The normalized spacial score (nSPS) is 15.6. The summed E-state index contributed by atoms with van der Waals surface area (Å²) >= 11 is 0. The Labute approximate surface area is 155 Å². The van der Waals surface area contributed by atoms with Gasteiger partial charge in [-0.25, -0.2) is 9.97 Å². The summed E-state index contributed by atoms with van der Waals surface area (Å²) in [5, 5.41) is 0. The summed E-state index contributed by atoms with van der Waals surface area (Å²) in [5.74, 6) is -1.02. The van der Waals surface area contributed by atoms with Crippen molar-refractivity contribution < 1.29 is 14.2 Å².